The molecular weight excluding hydrogens is 208 g/mol. The lowest BCUT2D eigenvalue weighted by Gasteiger charge is -1.95. The molecule has 2 heterocycles. The molecule has 2 N–H and O–H groups in total. The maximum absolute atomic E-state index is 5.61. The third-order valence-corrected chi connectivity index (χ3v) is 3.28. The molecule has 2 aromatic rings. The Morgan fingerprint density at radius 1 is 1.33 bits per heavy atom. The first-order valence-electron chi connectivity index (χ1n) is 4.67. The minimum absolute atomic E-state index is 0.535. The molecular formula is C10H12N4S. The number of thiazole rings is 1. The summed E-state index contributed by atoms with van der Waals surface area (Å²) >= 11 is 1.59. The van der Waals surface area contributed by atoms with Crippen LogP contribution in [0, 0.1) is 13.8 Å². The molecule has 5 heteroatoms. The van der Waals surface area contributed by atoms with Crippen molar-refractivity contribution in [3.05, 3.63) is 28.7 Å². The van der Waals surface area contributed by atoms with Crippen molar-refractivity contribution in [1.29, 1.82) is 0 Å². The highest BCUT2D eigenvalue weighted by atomic mass is 32.1. The van der Waals surface area contributed by atoms with Gasteiger partial charge in [-0.2, -0.15) is 0 Å². The molecule has 15 heavy (non-hydrogen) atoms. The summed E-state index contributed by atoms with van der Waals surface area (Å²) in [5.41, 5.74) is 7.47. The molecule has 0 fully saturated rings. The van der Waals surface area contributed by atoms with E-state index in [1.807, 2.05) is 19.9 Å². The quantitative estimate of drug-likeness (QED) is 0.836. The van der Waals surface area contributed by atoms with Crippen molar-refractivity contribution < 1.29 is 0 Å². The monoisotopic (exact) mass is 220 g/mol. The predicted molar refractivity (Wildman–Crippen MR) is 60.5 cm³/mol. The van der Waals surface area contributed by atoms with Crippen LogP contribution in [0.1, 0.15) is 16.4 Å². The first-order chi connectivity index (χ1) is 7.20. The van der Waals surface area contributed by atoms with Crippen LogP contribution in [-0.2, 0) is 6.54 Å². The average Bonchev–Trinajstić information content (AvgIpc) is 2.60. The van der Waals surface area contributed by atoms with Crippen LogP contribution in [-0.4, -0.2) is 15.0 Å². The number of nitrogens with zero attached hydrogens (tertiary/aromatic N) is 3. The van der Waals surface area contributed by atoms with Gasteiger partial charge < -0.3 is 5.73 Å². The van der Waals surface area contributed by atoms with Gasteiger partial charge in [-0.15, -0.1) is 11.3 Å². The molecule has 4 nitrogen and oxygen atoms in total. The predicted octanol–water partition coefficient (Wildman–Crippen LogP) is 1.68. The van der Waals surface area contributed by atoms with Crippen LogP contribution in [0.2, 0.25) is 0 Å². The fraction of sp³-hybridized carbons (Fsp3) is 0.300. The van der Waals surface area contributed by atoms with E-state index in [1.165, 1.54) is 0 Å². The normalized spacial score (nSPS) is 10.6. The van der Waals surface area contributed by atoms with Gasteiger partial charge in [-0.1, -0.05) is 0 Å². The van der Waals surface area contributed by atoms with Gasteiger partial charge in [0.15, 0.2) is 0 Å². The van der Waals surface area contributed by atoms with Gasteiger partial charge in [0.2, 0.25) is 0 Å². The van der Waals surface area contributed by atoms with Gasteiger partial charge in [-0.25, -0.2) is 15.0 Å². The molecule has 0 aliphatic carbocycles. The molecule has 0 bridgehead atoms. The number of aromatic nitrogens is 3. The standard InChI is InChI=1S/C10H12N4S/c1-6-9(5-11)15-10(13-6)8-3-4-12-7(2)14-8/h3-4H,5,11H2,1-2H3. The van der Waals surface area contributed by atoms with E-state index in [9.17, 15) is 0 Å². The van der Waals surface area contributed by atoms with E-state index >= 15 is 0 Å². The van der Waals surface area contributed by atoms with Gasteiger partial charge in [-0.3, -0.25) is 0 Å². The van der Waals surface area contributed by atoms with Gasteiger partial charge in [0.05, 0.1) is 5.69 Å². The second kappa shape index (κ2) is 4.04. The van der Waals surface area contributed by atoms with E-state index in [0.717, 1.165) is 27.1 Å². The molecule has 78 valence electrons. The minimum atomic E-state index is 0.535. The molecule has 0 spiro atoms. The molecule has 0 saturated heterocycles. The zero-order valence-electron chi connectivity index (χ0n) is 8.69. The summed E-state index contributed by atoms with van der Waals surface area (Å²) in [6.07, 6.45) is 1.75. The fourth-order valence-corrected chi connectivity index (χ4v) is 2.21. The first kappa shape index (κ1) is 10.2. The summed E-state index contributed by atoms with van der Waals surface area (Å²) in [4.78, 5) is 13.9. The smallest absolute Gasteiger partial charge is 0.142 e. The van der Waals surface area contributed by atoms with Crippen LogP contribution in [0.25, 0.3) is 10.7 Å². The summed E-state index contributed by atoms with van der Waals surface area (Å²) in [5, 5.41) is 0.915. The summed E-state index contributed by atoms with van der Waals surface area (Å²) < 4.78 is 0. The molecule has 0 aliphatic rings. The van der Waals surface area contributed by atoms with Crippen LogP contribution in [0.4, 0.5) is 0 Å². The molecule has 0 aliphatic heterocycles. The van der Waals surface area contributed by atoms with Crippen LogP contribution in [0.15, 0.2) is 12.3 Å². The lowest BCUT2D eigenvalue weighted by Crippen LogP contribution is -1.94. The Hall–Kier alpha value is -1.33. The summed E-state index contributed by atoms with van der Waals surface area (Å²) in [7, 11) is 0. The molecule has 2 rings (SSSR count). The fourth-order valence-electron chi connectivity index (χ4n) is 1.30. The van der Waals surface area contributed by atoms with Crippen molar-refractivity contribution in [2.24, 2.45) is 5.73 Å². The van der Waals surface area contributed by atoms with Crippen molar-refractivity contribution in [2.75, 3.05) is 0 Å². The first-order valence-corrected chi connectivity index (χ1v) is 5.48. The zero-order valence-corrected chi connectivity index (χ0v) is 9.51. The second-order valence-electron chi connectivity index (χ2n) is 3.22. The van der Waals surface area contributed by atoms with E-state index in [4.69, 9.17) is 5.73 Å². The Balaban J connectivity index is 2.45. The van der Waals surface area contributed by atoms with Crippen molar-refractivity contribution in [2.45, 2.75) is 20.4 Å². The third-order valence-electron chi connectivity index (χ3n) is 2.07. The number of hydrogen-bond acceptors (Lipinski definition) is 5. The van der Waals surface area contributed by atoms with E-state index in [1.54, 1.807) is 17.5 Å². The second-order valence-corrected chi connectivity index (χ2v) is 4.30. The zero-order chi connectivity index (χ0) is 10.8. The number of rotatable bonds is 2. The summed E-state index contributed by atoms with van der Waals surface area (Å²) in [6.45, 7) is 4.37. The van der Waals surface area contributed by atoms with E-state index in [2.05, 4.69) is 15.0 Å². The van der Waals surface area contributed by atoms with Gasteiger partial charge in [0.25, 0.3) is 0 Å². The highest BCUT2D eigenvalue weighted by molar-refractivity contribution is 7.15. The average molecular weight is 220 g/mol. The summed E-state index contributed by atoms with van der Waals surface area (Å²) in [5.74, 6) is 0.759. The molecule has 2 aromatic heterocycles. The number of hydrogen-bond donors (Lipinski definition) is 1. The van der Waals surface area contributed by atoms with Gasteiger partial charge >= 0.3 is 0 Å². The van der Waals surface area contributed by atoms with Crippen LogP contribution in [0.3, 0.4) is 0 Å². The molecule has 0 atom stereocenters. The van der Waals surface area contributed by atoms with E-state index in [-0.39, 0.29) is 0 Å². The van der Waals surface area contributed by atoms with Gasteiger partial charge in [0, 0.05) is 17.6 Å². The molecule has 0 radical (unpaired) electrons. The minimum Gasteiger partial charge on any atom is -0.326 e. The SMILES string of the molecule is Cc1nccc(-c2nc(C)c(CN)s2)n1. The topological polar surface area (TPSA) is 64.7 Å². The maximum Gasteiger partial charge on any atom is 0.142 e. The van der Waals surface area contributed by atoms with Crippen LogP contribution in [0.5, 0.6) is 0 Å². The molecule has 0 amide bonds. The highest BCUT2D eigenvalue weighted by Gasteiger charge is 2.09. The van der Waals surface area contributed by atoms with Crippen molar-refractivity contribution >= 4 is 11.3 Å². The third kappa shape index (κ3) is 2.03. The van der Waals surface area contributed by atoms with Crippen molar-refractivity contribution in [3.8, 4) is 10.7 Å². The van der Waals surface area contributed by atoms with Crippen molar-refractivity contribution in [3.63, 3.8) is 0 Å². The number of aryl methyl sites for hydroxylation is 2. The van der Waals surface area contributed by atoms with Crippen LogP contribution < -0.4 is 5.73 Å². The Morgan fingerprint density at radius 2 is 2.13 bits per heavy atom. The Kier molecular flexibility index (Phi) is 2.75. The maximum atomic E-state index is 5.61. The lowest BCUT2D eigenvalue weighted by atomic mass is 10.4. The van der Waals surface area contributed by atoms with Gasteiger partial charge in [0.1, 0.15) is 16.5 Å². The largest absolute Gasteiger partial charge is 0.326 e. The number of nitrogens with two attached hydrogens (primary N) is 1. The molecule has 0 unspecified atom stereocenters. The van der Waals surface area contributed by atoms with E-state index < -0.39 is 0 Å². The highest BCUT2D eigenvalue weighted by Crippen LogP contribution is 2.25. The summed E-state index contributed by atoms with van der Waals surface area (Å²) in [6, 6.07) is 1.87. The molecule has 0 aromatic carbocycles. The van der Waals surface area contributed by atoms with Crippen LogP contribution >= 0.6 is 11.3 Å². The van der Waals surface area contributed by atoms with Gasteiger partial charge in [-0.05, 0) is 19.9 Å². The Morgan fingerprint density at radius 3 is 2.73 bits per heavy atom. The Bertz CT molecular complexity index is 478. The van der Waals surface area contributed by atoms with E-state index in [0.29, 0.717) is 6.54 Å². The van der Waals surface area contributed by atoms with Crippen molar-refractivity contribution in [1.82, 2.24) is 15.0 Å². The lowest BCUT2D eigenvalue weighted by molar-refractivity contribution is 1.04. The Labute approximate surface area is 92.2 Å². The molecule has 0 saturated carbocycles.